The van der Waals surface area contributed by atoms with Crippen molar-refractivity contribution in [1.82, 2.24) is 0 Å². The van der Waals surface area contributed by atoms with Crippen molar-refractivity contribution in [2.45, 2.75) is 32.3 Å². The van der Waals surface area contributed by atoms with Crippen molar-refractivity contribution in [2.75, 3.05) is 19.8 Å². The largest absolute Gasteiger partial charge is 0.466 e. The van der Waals surface area contributed by atoms with E-state index in [1.54, 1.807) is 6.92 Å². The number of rotatable bonds is 0. The summed E-state index contributed by atoms with van der Waals surface area (Å²) in [6.07, 6.45) is 4.11. The van der Waals surface area contributed by atoms with Gasteiger partial charge < -0.3 is 14.6 Å². The van der Waals surface area contributed by atoms with E-state index in [4.69, 9.17) is 21.1 Å². The Morgan fingerprint density at radius 1 is 1.39 bits per heavy atom. The first-order valence-corrected chi connectivity index (χ1v) is 6.40. The smallest absolute Gasteiger partial charge is 0.308 e. The van der Waals surface area contributed by atoms with E-state index in [1.165, 1.54) is 0 Å². The molecule has 0 bridgehead atoms. The summed E-state index contributed by atoms with van der Waals surface area (Å²) in [4.78, 5) is 11.4. The number of carbonyl (C=O) groups is 1. The molecule has 0 amide bonds. The highest BCUT2D eigenvalue weighted by molar-refractivity contribution is 6.29. The van der Waals surface area contributed by atoms with Gasteiger partial charge in [-0.3, -0.25) is 4.79 Å². The number of aliphatic hydroxyl groups excluding tert-OH is 1. The highest BCUT2D eigenvalue weighted by Gasteiger charge is 2.13. The van der Waals surface area contributed by atoms with Crippen molar-refractivity contribution in [3.8, 4) is 0 Å². The third-order valence-electron chi connectivity index (χ3n) is 2.60. The summed E-state index contributed by atoms with van der Waals surface area (Å²) in [5.41, 5.74) is 0.741. The second kappa shape index (κ2) is 8.29. The maximum Gasteiger partial charge on any atom is 0.308 e. The van der Waals surface area contributed by atoms with Gasteiger partial charge in [0.2, 0.25) is 0 Å². The number of aliphatic hydroxyl groups is 1. The van der Waals surface area contributed by atoms with Crippen molar-refractivity contribution < 1.29 is 19.4 Å². The van der Waals surface area contributed by atoms with Gasteiger partial charge in [-0.05, 0) is 18.9 Å². The normalized spacial score (nSPS) is 30.4. The molecule has 1 atom stereocenters. The highest BCUT2D eigenvalue weighted by atomic mass is 35.5. The van der Waals surface area contributed by atoms with Gasteiger partial charge in [0.25, 0.3) is 0 Å². The van der Waals surface area contributed by atoms with E-state index in [9.17, 15) is 9.90 Å². The van der Waals surface area contributed by atoms with Gasteiger partial charge >= 0.3 is 5.97 Å². The molecule has 102 valence electrons. The van der Waals surface area contributed by atoms with Crippen LogP contribution >= 0.6 is 11.6 Å². The molecule has 4 nitrogen and oxygen atoms in total. The number of hydrogen-bond donors (Lipinski definition) is 1. The van der Waals surface area contributed by atoms with Gasteiger partial charge in [0.1, 0.15) is 0 Å². The van der Waals surface area contributed by atoms with Crippen LogP contribution in [0.25, 0.3) is 0 Å². The lowest BCUT2D eigenvalue weighted by atomic mass is 10.1. The van der Waals surface area contributed by atoms with Gasteiger partial charge in [0.05, 0.1) is 32.3 Å². The fourth-order valence-corrected chi connectivity index (χ4v) is 1.63. The van der Waals surface area contributed by atoms with E-state index >= 15 is 0 Å². The summed E-state index contributed by atoms with van der Waals surface area (Å²) in [5, 5.41) is 10.4. The molecule has 1 N–H and O–H groups in total. The van der Waals surface area contributed by atoms with Crippen LogP contribution in [0, 0.1) is 0 Å². The van der Waals surface area contributed by atoms with Crippen LogP contribution in [0.15, 0.2) is 22.8 Å². The standard InChI is InChI=1S/C13H19ClO4/c1-10-4-2-5-11(14)9-17-6-3-7-18-13(16)8-12(10)15/h4-5,12,15H,2-3,6-9H2,1H3/b10-4+,11-5-. The molecular weight excluding hydrogens is 256 g/mol. The Bertz CT molecular complexity index is 336. The van der Waals surface area contributed by atoms with Crippen LogP contribution in [0.1, 0.15) is 26.2 Å². The molecule has 0 spiro atoms. The molecule has 0 fully saturated rings. The van der Waals surface area contributed by atoms with Gasteiger partial charge in [0, 0.05) is 11.5 Å². The molecular formula is C13H19ClO4. The van der Waals surface area contributed by atoms with Crippen LogP contribution < -0.4 is 0 Å². The highest BCUT2D eigenvalue weighted by Crippen LogP contribution is 2.11. The van der Waals surface area contributed by atoms with Crippen molar-refractivity contribution in [2.24, 2.45) is 0 Å². The molecule has 0 aromatic heterocycles. The summed E-state index contributed by atoms with van der Waals surface area (Å²) >= 11 is 5.95. The molecule has 1 aliphatic rings. The van der Waals surface area contributed by atoms with E-state index in [1.807, 2.05) is 12.2 Å². The van der Waals surface area contributed by atoms with E-state index in [0.717, 1.165) is 5.57 Å². The first-order chi connectivity index (χ1) is 8.59. The van der Waals surface area contributed by atoms with Crippen LogP contribution in [-0.2, 0) is 14.3 Å². The number of cyclic esters (lactones) is 1. The minimum Gasteiger partial charge on any atom is -0.466 e. The maximum absolute atomic E-state index is 11.4. The number of allylic oxidation sites excluding steroid dienone is 2. The summed E-state index contributed by atoms with van der Waals surface area (Å²) in [7, 11) is 0. The zero-order chi connectivity index (χ0) is 13.4. The van der Waals surface area contributed by atoms with Gasteiger partial charge in [-0.15, -0.1) is 0 Å². The summed E-state index contributed by atoms with van der Waals surface area (Å²) in [5.74, 6) is -0.388. The molecule has 0 aromatic carbocycles. The van der Waals surface area contributed by atoms with E-state index in [-0.39, 0.29) is 12.4 Å². The number of ether oxygens (including phenoxy) is 2. The van der Waals surface area contributed by atoms with Gasteiger partial charge in [-0.2, -0.15) is 0 Å². The van der Waals surface area contributed by atoms with Crippen LogP contribution in [0.2, 0.25) is 0 Å². The maximum atomic E-state index is 11.4. The summed E-state index contributed by atoms with van der Waals surface area (Å²) < 4.78 is 10.3. The topological polar surface area (TPSA) is 55.8 Å². The third-order valence-corrected chi connectivity index (χ3v) is 2.86. The number of hydrogen-bond acceptors (Lipinski definition) is 4. The zero-order valence-corrected chi connectivity index (χ0v) is 11.3. The molecule has 1 heterocycles. The minimum atomic E-state index is -0.788. The SMILES string of the molecule is C/C1=C\C/C=C(\Cl)COCCCOC(=O)CC1O. The first kappa shape index (κ1) is 15.2. The molecule has 1 unspecified atom stereocenters. The Morgan fingerprint density at radius 2 is 2.17 bits per heavy atom. The third kappa shape index (κ3) is 6.19. The molecule has 0 saturated carbocycles. The van der Waals surface area contributed by atoms with Gasteiger partial charge in [-0.1, -0.05) is 23.8 Å². The molecule has 1 aliphatic heterocycles. The Morgan fingerprint density at radius 3 is 2.94 bits per heavy atom. The minimum absolute atomic E-state index is 0.0133. The van der Waals surface area contributed by atoms with Crippen LogP contribution in [-0.4, -0.2) is 37.0 Å². The zero-order valence-electron chi connectivity index (χ0n) is 10.5. The molecule has 0 saturated heterocycles. The lowest BCUT2D eigenvalue weighted by Gasteiger charge is -2.12. The van der Waals surface area contributed by atoms with E-state index < -0.39 is 6.10 Å². The number of halogens is 1. The monoisotopic (exact) mass is 274 g/mol. The van der Waals surface area contributed by atoms with E-state index in [2.05, 4.69) is 0 Å². The van der Waals surface area contributed by atoms with Crippen LogP contribution in [0.3, 0.4) is 0 Å². The molecule has 0 radical (unpaired) electrons. The predicted molar refractivity (Wildman–Crippen MR) is 69.3 cm³/mol. The summed E-state index contributed by atoms with van der Waals surface area (Å²) in [6.45, 7) is 2.94. The fraction of sp³-hybridized carbons (Fsp3) is 0.615. The Hall–Kier alpha value is -0.840. The Balaban J connectivity index is 2.63. The molecule has 1 rings (SSSR count). The van der Waals surface area contributed by atoms with Crippen molar-refractivity contribution in [3.63, 3.8) is 0 Å². The van der Waals surface area contributed by atoms with Crippen molar-refractivity contribution >= 4 is 17.6 Å². The molecule has 0 aromatic rings. The molecule has 0 aliphatic carbocycles. The average molecular weight is 275 g/mol. The lowest BCUT2D eigenvalue weighted by molar-refractivity contribution is -0.145. The molecule has 5 heteroatoms. The molecule has 18 heavy (non-hydrogen) atoms. The Labute approximate surface area is 112 Å². The van der Waals surface area contributed by atoms with Gasteiger partial charge in [0.15, 0.2) is 0 Å². The quantitative estimate of drug-likeness (QED) is 0.543. The lowest BCUT2D eigenvalue weighted by Crippen LogP contribution is -2.18. The number of carbonyl (C=O) groups excluding carboxylic acids is 1. The van der Waals surface area contributed by atoms with Gasteiger partial charge in [-0.25, -0.2) is 0 Å². The second-order valence-corrected chi connectivity index (χ2v) is 4.67. The number of esters is 1. The average Bonchev–Trinajstić information content (AvgIpc) is 2.32. The van der Waals surface area contributed by atoms with Crippen LogP contribution in [0.4, 0.5) is 0 Å². The second-order valence-electron chi connectivity index (χ2n) is 4.18. The van der Waals surface area contributed by atoms with Crippen molar-refractivity contribution in [3.05, 3.63) is 22.8 Å². The van der Waals surface area contributed by atoms with E-state index in [0.29, 0.717) is 37.7 Å². The van der Waals surface area contributed by atoms with Crippen LogP contribution in [0.5, 0.6) is 0 Å². The first-order valence-electron chi connectivity index (χ1n) is 6.02. The summed E-state index contributed by atoms with van der Waals surface area (Å²) in [6, 6.07) is 0. The Kier molecular flexibility index (Phi) is 7.01. The predicted octanol–water partition coefficient (Wildman–Crippen LogP) is 2.16. The van der Waals surface area contributed by atoms with Crippen molar-refractivity contribution in [1.29, 1.82) is 0 Å². The fourth-order valence-electron chi connectivity index (χ4n) is 1.46.